The molecule has 3 rings (SSSR count). The maximum absolute atomic E-state index is 12.1. The molecule has 8 heteroatoms. The first-order chi connectivity index (χ1) is 10.1. The molecule has 2 aliphatic rings. The second kappa shape index (κ2) is 6.02. The van der Waals surface area contributed by atoms with Crippen molar-refractivity contribution in [2.75, 3.05) is 19.6 Å². The van der Waals surface area contributed by atoms with Gasteiger partial charge in [0.05, 0.1) is 22.6 Å². The van der Waals surface area contributed by atoms with Crippen molar-refractivity contribution in [3.05, 3.63) is 15.5 Å². The number of carbonyl (C=O) groups is 2. The number of ether oxygens (including phenoxy) is 1. The van der Waals surface area contributed by atoms with Crippen LogP contribution in [0.5, 0.6) is 0 Å². The highest BCUT2D eigenvalue weighted by Crippen LogP contribution is 2.41. The van der Waals surface area contributed by atoms with Crippen molar-refractivity contribution < 1.29 is 14.3 Å². The summed E-state index contributed by atoms with van der Waals surface area (Å²) in [7, 11) is 0. The van der Waals surface area contributed by atoms with Gasteiger partial charge in [-0.25, -0.2) is 0 Å². The maximum Gasteiger partial charge on any atom is 0.312 e. The standard InChI is InChI=1S/C13H16BrN3O3S/c14-9-7-17-21-10(9)11(18)16-6-8-5-13(12(19)20-8)1-3-15-4-2-13/h7-8,15H,1-6H2,(H,16,18). The zero-order valence-corrected chi connectivity index (χ0v) is 13.8. The third-order valence-electron chi connectivity index (χ3n) is 4.11. The lowest BCUT2D eigenvalue weighted by atomic mass is 9.76. The molecule has 3 heterocycles. The van der Waals surface area contributed by atoms with Crippen molar-refractivity contribution in [2.24, 2.45) is 5.41 Å². The Hall–Kier alpha value is -0.990. The minimum Gasteiger partial charge on any atom is -0.460 e. The third-order valence-corrected chi connectivity index (χ3v) is 5.77. The quantitative estimate of drug-likeness (QED) is 0.781. The number of carbonyl (C=O) groups excluding carboxylic acids is 2. The van der Waals surface area contributed by atoms with Gasteiger partial charge in [-0.05, 0) is 53.4 Å². The Morgan fingerprint density at radius 3 is 3.00 bits per heavy atom. The van der Waals surface area contributed by atoms with Crippen molar-refractivity contribution >= 4 is 39.3 Å². The Bertz CT molecular complexity index is 557. The van der Waals surface area contributed by atoms with Crippen LogP contribution in [0.15, 0.2) is 10.7 Å². The third kappa shape index (κ3) is 2.97. The number of cyclic esters (lactones) is 1. The number of halogens is 1. The normalized spacial score (nSPS) is 24.0. The van der Waals surface area contributed by atoms with E-state index in [4.69, 9.17) is 4.74 Å². The van der Waals surface area contributed by atoms with Crippen LogP contribution in [0.2, 0.25) is 0 Å². The molecule has 2 N–H and O–H groups in total. The van der Waals surface area contributed by atoms with Crippen molar-refractivity contribution in [3.8, 4) is 0 Å². The summed E-state index contributed by atoms with van der Waals surface area (Å²) >= 11 is 4.42. The summed E-state index contributed by atoms with van der Waals surface area (Å²) in [6, 6.07) is 0. The monoisotopic (exact) mass is 373 g/mol. The highest BCUT2D eigenvalue weighted by atomic mass is 79.9. The van der Waals surface area contributed by atoms with Gasteiger partial charge in [0.15, 0.2) is 0 Å². The van der Waals surface area contributed by atoms with Gasteiger partial charge in [-0.3, -0.25) is 9.59 Å². The average molecular weight is 374 g/mol. The summed E-state index contributed by atoms with van der Waals surface area (Å²) in [5.74, 6) is -0.297. The van der Waals surface area contributed by atoms with Crippen molar-refractivity contribution in [3.63, 3.8) is 0 Å². The zero-order chi connectivity index (χ0) is 14.9. The average Bonchev–Trinajstić information content (AvgIpc) is 3.02. The minimum atomic E-state index is -0.342. The number of nitrogens with zero attached hydrogens (tertiary/aromatic N) is 1. The van der Waals surface area contributed by atoms with Gasteiger partial charge in [-0.1, -0.05) is 0 Å². The molecule has 1 aromatic heterocycles. The predicted octanol–water partition coefficient (Wildman–Crippen LogP) is 1.32. The molecule has 114 valence electrons. The number of nitrogens with one attached hydrogen (secondary N) is 2. The Labute approximate surface area is 134 Å². The molecule has 21 heavy (non-hydrogen) atoms. The molecule has 1 spiro atoms. The van der Waals surface area contributed by atoms with E-state index in [9.17, 15) is 9.59 Å². The van der Waals surface area contributed by atoms with E-state index in [1.165, 1.54) is 0 Å². The Morgan fingerprint density at radius 1 is 1.57 bits per heavy atom. The van der Waals surface area contributed by atoms with Crippen LogP contribution in [0.25, 0.3) is 0 Å². The molecule has 1 atom stereocenters. The molecular formula is C13H16BrN3O3S. The van der Waals surface area contributed by atoms with Gasteiger partial charge in [0.1, 0.15) is 11.0 Å². The number of hydrogen-bond donors (Lipinski definition) is 2. The molecule has 2 fully saturated rings. The van der Waals surface area contributed by atoms with Crippen LogP contribution in [-0.2, 0) is 9.53 Å². The Kier molecular flexibility index (Phi) is 4.28. The number of piperidine rings is 1. The van der Waals surface area contributed by atoms with Crippen LogP contribution >= 0.6 is 27.5 Å². The zero-order valence-electron chi connectivity index (χ0n) is 11.4. The molecule has 6 nitrogen and oxygen atoms in total. The van der Waals surface area contributed by atoms with E-state index in [0.717, 1.165) is 37.5 Å². The Balaban J connectivity index is 1.56. The van der Waals surface area contributed by atoms with Crippen LogP contribution in [-0.4, -0.2) is 42.0 Å². The topological polar surface area (TPSA) is 80.3 Å². The van der Waals surface area contributed by atoms with Crippen molar-refractivity contribution in [1.29, 1.82) is 0 Å². The first-order valence-electron chi connectivity index (χ1n) is 6.91. The first kappa shape index (κ1) is 14.9. The highest BCUT2D eigenvalue weighted by molar-refractivity contribution is 9.10. The van der Waals surface area contributed by atoms with Crippen LogP contribution in [0.3, 0.4) is 0 Å². The van der Waals surface area contributed by atoms with E-state index in [1.807, 2.05) is 0 Å². The fourth-order valence-corrected chi connectivity index (χ4v) is 4.12. The van der Waals surface area contributed by atoms with Gasteiger partial charge >= 0.3 is 5.97 Å². The Morgan fingerprint density at radius 2 is 2.33 bits per heavy atom. The molecule has 1 aromatic rings. The summed E-state index contributed by atoms with van der Waals surface area (Å²) in [5, 5.41) is 6.08. The highest BCUT2D eigenvalue weighted by Gasteiger charge is 2.49. The minimum absolute atomic E-state index is 0.109. The number of aromatic nitrogens is 1. The molecule has 0 radical (unpaired) electrons. The van der Waals surface area contributed by atoms with Gasteiger partial charge in [-0.2, -0.15) is 4.37 Å². The van der Waals surface area contributed by atoms with Gasteiger partial charge in [-0.15, -0.1) is 0 Å². The van der Waals surface area contributed by atoms with Gasteiger partial charge in [0, 0.05) is 6.42 Å². The second-order valence-electron chi connectivity index (χ2n) is 5.47. The van der Waals surface area contributed by atoms with E-state index >= 15 is 0 Å². The number of rotatable bonds is 3. The SMILES string of the molecule is O=C(NCC1CC2(CCNCC2)C(=O)O1)c1sncc1Br. The van der Waals surface area contributed by atoms with Crippen LogP contribution in [0, 0.1) is 5.41 Å². The van der Waals surface area contributed by atoms with Crippen LogP contribution in [0.4, 0.5) is 0 Å². The second-order valence-corrected chi connectivity index (χ2v) is 7.13. The maximum atomic E-state index is 12.1. The van der Waals surface area contributed by atoms with E-state index in [2.05, 4.69) is 30.9 Å². The summed E-state index contributed by atoms with van der Waals surface area (Å²) in [5.41, 5.74) is -0.342. The fourth-order valence-electron chi connectivity index (χ4n) is 2.93. The smallest absolute Gasteiger partial charge is 0.312 e. The molecule has 0 saturated carbocycles. The molecule has 0 aliphatic carbocycles. The van der Waals surface area contributed by atoms with Gasteiger partial charge in [0.2, 0.25) is 0 Å². The van der Waals surface area contributed by atoms with E-state index in [1.54, 1.807) is 6.20 Å². The largest absolute Gasteiger partial charge is 0.460 e. The van der Waals surface area contributed by atoms with Gasteiger partial charge in [0.25, 0.3) is 5.91 Å². The molecular weight excluding hydrogens is 358 g/mol. The molecule has 2 aliphatic heterocycles. The summed E-state index contributed by atoms with van der Waals surface area (Å²) < 4.78 is 10.1. The lowest BCUT2D eigenvalue weighted by molar-refractivity contribution is -0.149. The molecule has 1 amide bonds. The molecule has 0 aromatic carbocycles. The first-order valence-corrected chi connectivity index (χ1v) is 8.47. The van der Waals surface area contributed by atoms with Gasteiger partial charge < -0.3 is 15.4 Å². The number of hydrogen-bond acceptors (Lipinski definition) is 6. The fraction of sp³-hybridized carbons (Fsp3) is 0.615. The van der Waals surface area contributed by atoms with Crippen molar-refractivity contribution in [2.45, 2.75) is 25.4 Å². The predicted molar refractivity (Wildman–Crippen MR) is 81.2 cm³/mol. The number of amides is 1. The summed E-state index contributed by atoms with van der Waals surface area (Å²) in [6.45, 7) is 2.05. The van der Waals surface area contributed by atoms with E-state index < -0.39 is 0 Å². The summed E-state index contributed by atoms with van der Waals surface area (Å²) in [4.78, 5) is 24.7. The lowest BCUT2D eigenvalue weighted by Crippen LogP contribution is -2.39. The molecule has 2 saturated heterocycles. The van der Waals surface area contributed by atoms with E-state index in [-0.39, 0.29) is 23.4 Å². The number of esters is 1. The van der Waals surface area contributed by atoms with E-state index in [0.29, 0.717) is 22.3 Å². The lowest BCUT2D eigenvalue weighted by Gasteiger charge is -2.29. The summed E-state index contributed by atoms with van der Waals surface area (Å²) in [6.07, 6.45) is 3.69. The van der Waals surface area contributed by atoms with Crippen molar-refractivity contribution in [1.82, 2.24) is 15.0 Å². The molecule has 1 unspecified atom stereocenters. The van der Waals surface area contributed by atoms with Crippen LogP contribution < -0.4 is 10.6 Å². The molecule has 0 bridgehead atoms. The van der Waals surface area contributed by atoms with Crippen LogP contribution in [0.1, 0.15) is 28.9 Å².